The third kappa shape index (κ3) is 5.69. The fourth-order valence-electron chi connectivity index (χ4n) is 7.32. The van der Waals surface area contributed by atoms with Gasteiger partial charge in [-0.15, -0.1) is 0 Å². The normalized spacial score (nSPS) is 15.2. The fraction of sp³-hybridized carbons (Fsp3) is 0.0833. The largest absolute Gasteiger partial charge is 0.360 e. The molecule has 52 heavy (non-hydrogen) atoms. The van der Waals surface area contributed by atoms with E-state index in [-0.39, 0.29) is 0 Å². The topological polar surface area (TPSA) is 56.3 Å². The summed E-state index contributed by atoms with van der Waals surface area (Å²) in [6.07, 6.45) is 10.7. The maximum Gasteiger partial charge on any atom is 0.0737 e. The summed E-state index contributed by atoms with van der Waals surface area (Å²) in [5.41, 5.74) is 19.2. The first-order valence-electron chi connectivity index (χ1n) is 17.8. The number of allylic oxidation sites excluding steroid dienone is 4. The van der Waals surface area contributed by atoms with Crippen LogP contribution in [0.2, 0.25) is 0 Å². The number of nitrogens with zero attached hydrogens (tertiary/aromatic N) is 2. The van der Waals surface area contributed by atoms with Gasteiger partial charge in [0.25, 0.3) is 0 Å². The second-order valence-corrected chi connectivity index (χ2v) is 14.0. The Morgan fingerprint density at radius 2 is 0.769 bits per heavy atom. The average molecular weight is 671 g/mol. The summed E-state index contributed by atoms with van der Waals surface area (Å²) < 4.78 is 0. The van der Waals surface area contributed by atoms with E-state index in [1.54, 1.807) is 0 Å². The minimum atomic E-state index is 0.910. The van der Waals surface area contributed by atoms with Crippen molar-refractivity contribution in [1.29, 1.82) is 0 Å². The molecular weight excluding hydrogens is 633 g/mol. The smallest absolute Gasteiger partial charge is 0.0737 e. The van der Waals surface area contributed by atoms with Crippen LogP contribution in [0.1, 0.15) is 55.8 Å². The molecule has 2 N–H and O–H groups in total. The number of hydrogen-bond donors (Lipinski definition) is 2. The first-order chi connectivity index (χ1) is 25.4. The van der Waals surface area contributed by atoms with E-state index in [1.165, 1.54) is 22.3 Å². The van der Waals surface area contributed by atoms with Gasteiger partial charge in [0.15, 0.2) is 0 Å². The summed E-state index contributed by atoms with van der Waals surface area (Å²) >= 11 is 0. The van der Waals surface area contributed by atoms with Gasteiger partial charge in [0.05, 0.1) is 22.8 Å². The Morgan fingerprint density at radius 1 is 0.385 bits per heavy atom. The van der Waals surface area contributed by atoms with E-state index < -0.39 is 0 Å². The number of aromatic amines is 2. The van der Waals surface area contributed by atoms with Crippen LogP contribution in [0.3, 0.4) is 0 Å². The number of rotatable bonds is 4. The highest BCUT2D eigenvalue weighted by atomic mass is 14.8. The number of fused-ring (bicyclic) bond motifs is 6. The minimum absolute atomic E-state index is 0.910. The number of nitrogens with one attached hydrogen (secondary N) is 2. The molecular formula is C48H38N4. The number of benzene rings is 4. The first-order valence-corrected chi connectivity index (χ1v) is 17.8. The van der Waals surface area contributed by atoms with E-state index >= 15 is 0 Å². The van der Waals surface area contributed by atoms with Crippen molar-refractivity contribution in [2.24, 2.45) is 9.98 Å². The maximum atomic E-state index is 5.42. The number of aromatic nitrogens is 2. The Balaban J connectivity index is 1.41. The molecule has 0 fully saturated rings. The Bertz CT molecular complexity index is 2510. The van der Waals surface area contributed by atoms with E-state index in [0.29, 0.717) is 0 Å². The molecule has 8 bridgehead atoms. The van der Waals surface area contributed by atoms with Crippen molar-refractivity contribution in [3.63, 3.8) is 0 Å². The van der Waals surface area contributed by atoms with E-state index in [0.717, 1.165) is 89.3 Å². The molecule has 0 saturated heterocycles. The lowest BCUT2D eigenvalue weighted by Gasteiger charge is -2.11. The molecule has 4 nitrogen and oxygen atoms in total. The molecule has 0 saturated carbocycles. The molecule has 4 aromatic carbocycles. The van der Waals surface area contributed by atoms with E-state index in [2.05, 4.69) is 183 Å². The quantitative estimate of drug-likeness (QED) is 0.188. The van der Waals surface area contributed by atoms with Gasteiger partial charge in [0.2, 0.25) is 0 Å². The number of hydrogen-bond acceptors (Lipinski definition) is 2. The number of H-pyrrole nitrogens is 2. The lowest BCUT2D eigenvalue weighted by atomic mass is 9.95. The van der Waals surface area contributed by atoms with Crippen LogP contribution < -0.4 is 10.7 Å². The lowest BCUT2D eigenvalue weighted by Crippen LogP contribution is -2.21. The van der Waals surface area contributed by atoms with Crippen LogP contribution in [-0.2, 0) is 0 Å². The summed E-state index contributed by atoms with van der Waals surface area (Å²) in [7, 11) is 0. The molecule has 0 atom stereocenters. The second kappa shape index (κ2) is 12.7. The van der Waals surface area contributed by atoms with E-state index in [1.807, 2.05) is 0 Å². The average Bonchev–Trinajstić information content (AvgIpc) is 3.99. The van der Waals surface area contributed by atoms with Crippen LogP contribution in [0.4, 0.5) is 0 Å². The lowest BCUT2D eigenvalue weighted by molar-refractivity contribution is 1.25. The molecule has 0 spiro atoms. The second-order valence-electron chi connectivity index (χ2n) is 14.0. The molecule has 6 aromatic rings. The Morgan fingerprint density at radius 3 is 1.21 bits per heavy atom. The van der Waals surface area contributed by atoms with Gasteiger partial charge >= 0.3 is 0 Å². The highest BCUT2D eigenvalue weighted by molar-refractivity contribution is 6.31. The Hall–Kier alpha value is -6.52. The number of aryl methyl sites for hydroxylation is 4. The van der Waals surface area contributed by atoms with Gasteiger partial charge < -0.3 is 9.97 Å². The van der Waals surface area contributed by atoms with Gasteiger partial charge in [0.1, 0.15) is 0 Å². The third-order valence-corrected chi connectivity index (χ3v) is 10.1. The van der Waals surface area contributed by atoms with Crippen LogP contribution >= 0.6 is 0 Å². The third-order valence-electron chi connectivity index (χ3n) is 10.1. The highest BCUT2D eigenvalue weighted by Gasteiger charge is 2.23. The zero-order chi connectivity index (χ0) is 35.3. The molecule has 0 unspecified atom stereocenters. The van der Waals surface area contributed by atoms with Crippen molar-refractivity contribution >= 4 is 33.7 Å². The summed E-state index contributed by atoms with van der Waals surface area (Å²) in [6, 6.07) is 41.5. The van der Waals surface area contributed by atoms with Gasteiger partial charge in [-0.25, -0.2) is 9.98 Å². The Kier molecular flexibility index (Phi) is 7.66. The predicted molar refractivity (Wildman–Crippen MR) is 216 cm³/mol. The van der Waals surface area contributed by atoms with Crippen molar-refractivity contribution < 1.29 is 0 Å². The molecule has 3 aliphatic rings. The van der Waals surface area contributed by atoms with Gasteiger partial charge in [-0.05, 0) is 92.5 Å². The van der Waals surface area contributed by atoms with Crippen LogP contribution in [0.5, 0.6) is 0 Å². The summed E-state index contributed by atoms with van der Waals surface area (Å²) in [4.78, 5) is 18.3. The van der Waals surface area contributed by atoms with Gasteiger partial charge in [-0.3, -0.25) is 0 Å². The Labute approximate surface area is 304 Å². The van der Waals surface area contributed by atoms with E-state index in [4.69, 9.17) is 9.98 Å². The van der Waals surface area contributed by atoms with Gasteiger partial charge in [-0.1, -0.05) is 119 Å². The molecule has 2 aromatic heterocycles. The molecule has 5 heterocycles. The van der Waals surface area contributed by atoms with Crippen molar-refractivity contribution in [3.8, 4) is 0 Å². The predicted octanol–water partition coefficient (Wildman–Crippen LogP) is 9.23. The molecule has 3 aliphatic heterocycles. The molecule has 0 aliphatic carbocycles. The summed E-state index contributed by atoms with van der Waals surface area (Å²) in [5, 5.41) is 2.00. The van der Waals surface area contributed by atoms with Crippen molar-refractivity contribution in [2.45, 2.75) is 27.7 Å². The molecule has 250 valence electrons. The summed E-state index contributed by atoms with van der Waals surface area (Å²) in [5.74, 6) is 0. The van der Waals surface area contributed by atoms with E-state index in [9.17, 15) is 0 Å². The molecule has 9 rings (SSSR count). The standard InChI is InChI=1S/C48H38N4/c1-29-5-13-33(14-6-29)45-37-27-44(49-28-37)48(36-19-11-32(4)12-20-36)43-26-25-42(52-43)47(35-17-9-31(3)10-18-35)41-24-23-40(51-41)46(39-22-21-38(45)50-39)34-15-7-30(2)8-16-34/h5-28,49,51H,1-4H3. The molecule has 0 radical (unpaired) electrons. The van der Waals surface area contributed by atoms with Crippen molar-refractivity contribution in [2.75, 3.05) is 0 Å². The van der Waals surface area contributed by atoms with Gasteiger partial charge in [-0.2, -0.15) is 0 Å². The van der Waals surface area contributed by atoms with Gasteiger partial charge in [0, 0.05) is 50.4 Å². The maximum absolute atomic E-state index is 5.42. The minimum Gasteiger partial charge on any atom is -0.360 e. The van der Waals surface area contributed by atoms with Crippen LogP contribution in [0.25, 0.3) is 22.3 Å². The fourth-order valence-corrected chi connectivity index (χ4v) is 7.32. The van der Waals surface area contributed by atoms with Crippen molar-refractivity contribution in [3.05, 3.63) is 224 Å². The molecule has 0 amide bonds. The monoisotopic (exact) mass is 670 g/mol. The van der Waals surface area contributed by atoms with Crippen molar-refractivity contribution in [1.82, 2.24) is 9.97 Å². The zero-order valence-corrected chi connectivity index (χ0v) is 29.8. The molecule has 4 heteroatoms. The van der Waals surface area contributed by atoms with Crippen LogP contribution in [0.15, 0.2) is 167 Å². The zero-order valence-electron chi connectivity index (χ0n) is 29.8. The highest BCUT2D eigenvalue weighted by Crippen LogP contribution is 2.37. The summed E-state index contributed by atoms with van der Waals surface area (Å²) in [6.45, 7) is 8.49. The van der Waals surface area contributed by atoms with Crippen LogP contribution in [-0.4, -0.2) is 21.4 Å². The van der Waals surface area contributed by atoms with Crippen LogP contribution in [0, 0.1) is 27.7 Å². The SMILES string of the molecule is Cc1ccc(C2=C3C=CC(=N3)C(c3ccc(C)cc3)=c3ccc([nH]3)=C(c3ccc(C)cc3)C3=NC(=C(c4ccc(C)cc4)c4cc2c[nH]4)C=C3)cc1. The first kappa shape index (κ1) is 31.5. The number of aliphatic imine (C=N–C) groups is 2.